The van der Waals surface area contributed by atoms with Crippen LogP contribution in [-0.4, -0.2) is 45.6 Å². The number of ketones is 1. The Labute approximate surface area is 171 Å². The first-order valence-electron chi connectivity index (χ1n) is 9.30. The number of anilines is 1. The second-order valence-corrected chi connectivity index (χ2v) is 8.46. The van der Waals surface area contributed by atoms with Gasteiger partial charge in [-0.3, -0.25) is 19.3 Å². The van der Waals surface area contributed by atoms with Crippen LogP contribution in [0.5, 0.6) is 0 Å². The molecule has 150 valence electrons. The number of hydrogen-bond acceptors (Lipinski definition) is 6. The summed E-state index contributed by atoms with van der Waals surface area (Å²) in [6, 6.07) is 8.64. The highest BCUT2D eigenvalue weighted by Gasteiger charge is 2.56. The van der Waals surface area contributed by atoms with E-state index in [0.717, 1.165) is 34.6 Å². The summed E-state index contributed by atoms with van der Waals surface area (Å²) in [5, 5.41) is 5.57. The summed E-state index contributed by atoms with van der Waals surface area (Å²) >= 11 is 1.07. The third kappa shape index (κ3) is 3.53. The van der Waals surface area contributed by atoms with Crippen molar-refractivity contribution in [2.24, 2.45) is 5.92 Å². The number of carbonyl (C=O) groups is 4. The van der Waals surface area contributed by atoms with E-state index in [-0.39, 0.29) is 22.7 Å². The maximum atomic E-state index is 12.6. The summed E-state index contributed by atoms with van der Waals surface area (Å²) in [5.74, 6) is -0.959. The lowest BCUT2D eigenvalue weighted by atomic mass is 9.96. The third-order valence-electron chi connectivity index (χ3n) is 5.24. The van der Waals surface area contributed by atoms with Crippen molar-refractivity contribution in [3.63, 3.8) is 0 Å². The van der Waals surface area contributed by atoms with Gasteiger partial charge in [0.05, 0.1) is 10.6 Å². The van der Waals surface area contributed by atoms with Gasteiger partial charge in [-0.05, 0) is 25.7 Å². The molecule has 2 aliphatic rings. The van der Waals surface area contributed by atoms with Crippen molar-refractivity contribution >= 4 is 40.1 Å². The molecule has 1 saturated heterocycles. The maximum absolute atomic E-state index is 12.6. The summed E-state index contributed by atoms with van der Waals surface area (Å²) in [5.41, 5.74) is 0.333. The van der Waals surface area contributed by atoms with Crippen LogP contribution < -0.4 is 10.6 Å². The van der Waals surface area contributed by atoms with Gasteiger partial charge in [-0.15, -0.1) is 0 Å². The Morgan fingerprint density at radius 3 is 2.59 bits per heavy atom. The number of aromatic nitrogens is 1. The number of amides is 4. The summed E-state index contributed by atoms with van der Waals surface area (Å²) in [6.45, 7) is 2.75. The van der Waals surface area contributed by atoms with Crippen molar-refractivity contribution < 1.29 is 19.2 Å². The number of rotatable bonds is 6. The lowest BCUT2D eigenvalue weighted by Crippen LogP contribution is -2.46. The molecule has 0 radical (unpaired) electrons. The minimum atomic E-state index is -0.930. The van der Waals surface area contributed by atoms with E-state index in [0.29, 0.717) is 10.6 Å². The molecule has 0 spiro atoms. The largest absolute Gasteiger partial charge is 0.325 e. The zero-order valence-electron chi connectivity index (χ0n) is 16.0. The van der Waals surface area contributed by atoms with Gasteiger partial charge < -0.3 is 10.6 Å². The fourth-order valence-corrected chi connectivity index (χ4v) is 4.40. The summed E-state index contributed by atoms with van der Waals surface area (Å²) in [6.07, 6.45) is 1.77. The van der Waals surface area contributed by atoms with Crippen LogP contribution in [0.2, 0.25) is 0 Å². The molecule has 1 atom stereocenters. The minimum Gasteiger partial charge on any atom is -0.323 e. The molecular weight excluding hydrogens is 392 g/mol. The molecular formula is C20H20N4O4S. The van der Waals surface area contributed by atoms with E-state index in [1.807, 2.05) is 30.3 Å². The Kier molecular flexibility index (Phi) is 4.70. The van der Waals surface area contributed by atoms with E-state index < -0.39 is 24.0 Å². The molecule has 8 nitrogen and oxygen atoms in total. The molecule has 1 aromatic carbocycles. The van der Waals surface area contributed by atoms with Crippen LogP contribution in [0.4, 0.5) is 9.93 Å². The van der Waals surface area contributed by atoms with E-state index in [4.69, 9.17) is 0 Å². The van der Waals surface area contributed by atoms with Gasteiger partial charge in [0.15, 0.2) is 10.9 Å². The molecule has 1 unspecified atom stereocenters. The smallest absolute Gasteiger partial charge is 0.323 e. The Hall–Kier alpha value is -3.07. The summed E-state index contributed by atoms with van der Waals surface area (Å²) < 4.78 is 0. The van der Waals surface area contributed by atoms with Gasteiger partial charge in [0.25, 0.3) is 5.91 Å². The highest BCUT2D eigenvalue weighted by atomic mass is 32.1. The fraction of sp³-hybridized carbons (Fsp3) is 0.350. The van der Waals surface area contributed by atoms with E-state index in [1.54, 1.807) is 6.92 Å². The monoisotopic (exact) mass is 412 g/mol. The van der Waals surface area contributed by atoms with E-state index >= 15 is 0 Å². The Bertz CT molecular complexity index is 1010. The molecule has 1 aliphatic heterocycles. The number of imide groups is 1. The van der Waals surface area contributed by atoms with Gasteiger partial charge in [-0.25, -0.2) is 9.78 Å². The van der Waals surface area contributed by atoms with Crippen molar-refractivity contribution in [2.45, 2.75) is 32.2 Å². The van der Waals surface area contributed by atoms with Crippen LogP contribution in [0.25, 0.3) is 11.3 Å². The van der Waals surface area contributed by atoms with E-state index in [1.165, 1.54) is 6.92 Å². The van der Waals surface area contributed by atoms with Crippen molar-refractivity contribution in [3.05, 3.63) is 35.2 Å². The lowest BCUT2D eigenvalue weighted by Gasteiger charge is -2.20. The molecule has 1 aliphatic carbocycles. The van der Waals surface area contributed by atoms with Crippen molar-refractivity contribution in [1.82, 2.24) is 15.2 Å². The first kappa shape index (κ1) is 19.3. The molecule has 1 aromatic heterocycles. The Morgan fingerprint density at radius 2 is 1.97 bits per heavy atom. The average molecular weight is 412 g/mol. The normalized spacial score (nSPS) is 21.2. The minimum absolute atomic E-state index is 0.123. The number of nitrogens with one attached hydrogen (secondary N) is 2. The first-order valence-corrected chi connectivity index (χ1v) is 10.1. The van der Waals surface area contributed by atoms with Gasteiger partial charge in [0.1, 0.15) is 12.1 Å². The summed E-state index contributed by atoms with van der Waals surface area (Å²) in [7, 11) is 0. The number of urea groups is 1. The van der Waals surface area contributed by atoms with E-state index in [2.05, 4.69) is 15.6 Å². The van der Waals surface area contributed by atoms with Crippen LogP contribution >= 0.6 is 11.3 Å². The molecule has 2 N–H and O–H groups in total. The molecule has 2 aromatic rings. The average Bonchev–Trinajstić information content (AvgIpc) is 3.43. The van der Waals surface area contributed by atoms with E-state index in [9.17, 15) is 19.2 Å². The van der Waals surface area contributed by atoms with Crippen LogP contribution in [-0.2, 0) is 9.59 Å². The first-order chi connectivity index (χ1) is 13.8. The second kappa shape index (κ2) is 7.07. The molecule has 29 heavy (non-hydrogen) atoms. The molecule has 1 saturated carbocycles. The number of nitrogens with zero attached hydrogens (tertiary/aromatic N) is 2. The van der Waals surface area contributed by atoms with Crippen LogP contribution in [0, 0.1) is 5.92 Å². The zero-order valence-corrected chi connectivity index (χ0v) is 16.8. The fourth-order valence-electron chi connectivity index (χ4n) is 3.50. The van der Waals surface area contributed by atoms with Gasteiger partial charge >= 0.3 is 6.03 Å². The molecule has 9 heteroatoms. The standard InChI is InChI=1S/C20H20N4O4S/c1-11(25)16-15(12-6-4-3-5-7-12)22-18(29-16)21-14(26)10-24-17(27)20(2,13-8-9-13)23-19(24)28/h3-7,13H,8-10H2,1-2H3,(H,23,28)(H,21,22,26). The number of thiazole rings is 1. The quantitative estimate of drug-likeness (QED) is 0.560. The SMILES string of the molecule is CC(=O)c1sc(NC(=O)CN2C(=O)NC(C)(C3CC3)C2=O)nc1-c1ccccc1. The van der Waals surface area contributed by atoms with Crippen LogP contribution in [0.15, 0.2) is 30.3 Å². The molecule has 2 heterocycles. The number of Topliss-reactive ketones (excluding diaryl/α,β-unsaturated/α-hetero) is 1. The predicted molar refractivity (Wildman–Crippen MR) is 108 cm³/mol. The van der Waals surface area contributed by atoms with Gasteiger partial charge in [-0.2, -0.15) is 0 Å². The molecule has 2 fully saturated rings. The molecule has 4 rings (SSSR count). The highest BCUT2D eigenvalue weighted by molar-refractivity contribution is 7.18. The Balaban J connectivity index is 1.50. The molecule has 0 bridgehead atoms. The predicted octanol–water partition coefficient (Wildman–Crippen LogP) is 2.67. The Morgan fingerprint density at radius 1 is 1.28 bits per heavy atom. The second-order valence-electron chi connectivity index (χ2n) is 7.47. The highest BCUT2D eigenvalue weighted by Crippen LogP contribution is 2.42. The lowest BCUT2D eigenvalue weighted by molar-refractivity contribution is -0.134. The topological polar surface area (TPSA) is 108 Å². The van der Waals surface area contributed by atoms with Gasteiger partial charge in [0.2, 0.25) is 5.91 Å². The number of benzene rings is 1. The number of carbonyl (C=O) groups excluding carboxylic acids is 4. The van der Waals surface area contributed by atoms with Crippen molar-refractivity contribution in [3.8, 4) is 11.3 Å². The third-order valence-corrected chi connectivity index (χ3v) is 6.31. The van der Waals surface area contributed by atoms with Gasteiger partial charge in [0, 0.05) is 12.5 Å². The van der Waals surface area contributed by atoms with Gasteiger partial charge in [-0.1, -0.05) is 41.7 Å². The van der Waals surface area contributed by atoms with Crippen molar-refractivity contribution in [2.75, 3.05) is 11.9 Å². The maximum Gasteiger partial charge on any atom is 0.325 e. The van der Waals surface area contributed by atoms with Crippen molar-refractivity contribution in [1.29, 1.82) is 0 Å². The number of hydrogen-bond donors (Lipinski definition) is 2. The zero-order chi connectivity index (χ0) is 20.8. The van der Waals surface area contributed by atoms with Crippen LogP contribution in [0.3, 0.4) is 0 Å². The summed E-state index contributed by atoms with van der Waals surface area (Å²) in [4.78, 5) is 55.1. The molecule has 4 amide bonds. The van der Waals surface area contributed by atoms with Crippen LogP contribution in [0.1, 0.15) is 36.4 Å².